The highest BCUT2D eigenvalue weighted by molar-refractivity contribution is 6.34. The van der Waals surface area contributed by atoms with E-state index < -0.39 is 0 Å². The molecule has 2 rings (SSSR count). The molecule has 1 aliphatic heterocycles. The van der Waals surface area contributed by atoms with Gasteiger partial charge in [-0.3, -0.25) is 4.90 Å². The van der Waals surface area contributed by atoms with Gasteiger partial charge in [-0.05, 0) is 43.7 Å². The van der Waals surface area contributed by atoms with Crippen molar-refractivity contribution >= 4 is 23.2 Å². The summed E-state index contributed by atoms with van der Waals surface area (Å²) in [4.78, 5) is 2.32. The molecule has 1 fully saturated rings. The fraction of sp³-hybridized carbons (Fsp3) is 0.571. The van der Waals surface area contributed by atoms with Crippen molar-refractivity contribution in [3.63, 3.8) is 0 Å². The van der Waals surface area contributed by atoms with Crippen LogP contribution in [0.15, 0.2) is 18.2 Å². The Kier molecular flexibility index (Phi) is 5.48. The second-order valence-electron chi connectivity index (χ2n) is 4.96. The second kappa shape index (κ2) is 6.91. The van der Waals surface area contributed by atoms with Crippen molar-refractivity contribution in [2.45, 2.75) is 24.9 Å². The summed E-state index contributed by atoms with van der Waals surface area (Å²) >= 11 is 12.2. The predicted molar refractivity (Wildman–Crippen MR) is 79.9 cm³/mol. The van der Waals surface area contributed by atoms with Crippen LogP contribution in [0.25, 0.3) is 0 Å². The van der Waals surface area contributed by atoms with Gasteiger partial charge in [-0.25, -0.2) is 0 Å². The molecule has 0 aliphatic carbocycles. The van der Waals surface area contributed by atoms with E-state index in [0.29, 0.717) is 22.6 Å². The Hall–Kier alpha value is -0.320. The highest BCUT2D eigenvalue weighted by atomic mass is 35.5. The van der Waals surface area contributed by atoms with Crippen LogP contribution in [-0.2, 0) is 4.74 Å². The quantitative estimate of drug-likeness (QED) is 0.929. The highest BCUT2D eigenvalue weighted by Gasteiger charge is 2.25. The monoisotopic (exact) mass is 302 g/mol. The Labute approximate surface area is 124 Å². The molecule has 2 N–H and O–H groups in total. The molecular formula is C14H20Cl2N2O. The summed E-state index contributed by atoms with van der Waals surface area (Å²) < 4.78 is 5.41. The number of nitrogens with zero attached hydrogens (tertiary/aromatic N) is 1. The van der Waals surface area contributed by atoms with Crippen LogP contribution in [0.4, 0.5) is 0 Å². The van der Waals surface area contributed by atoms with Gasteiger partial charge in [-0.1, -0.05) is 23.2 Å². The third-order valence-electron chi connectivity index (χ3n) is 3.75. The van der Waals surface area contributed by atoms with Gasteiger partial charge in [-0.15, -0.1) is 0 Å². The van der Waals surface area contributed by atoms with Gasteiger partial charge in [0.1, 0.15) is 0 Å². The van der Waals surface area contributed by atoms with Crippen molar-refractivity contribution in [1.29, 1.82) is 0 Å². The number of likely N-dealkylation sites (N-methyl/N-ethyl adjacent to an activating group) is 1. The Morgan fingerprint density at radius 2 is 1.84 bits per heavy atom. The minimum absolute atomic E-state index is 0.138. The summed E-state index contributed by atoms with van der Waals surface area (Å²) in [5, 5.41) is 1.31. The Bertz CT molecular complexity index is 402. The van der Waals surface area contributed by atoms with Gasteiger partial charge < -0.3 is 10.5 Å². The molecule has 19 heavy (non-hydrogen) atoms. The minimum atomic E-state index is 0.138. The van der Waals surface area contributed by atoms with E-state index in [9.17, 15) is 0 Å². The zero-order valence-electron chi connectivity index (χ0n) is 11.1. The highest BCUT2D eigenvalue weighted by Crippen LogP contribution is 2.29. The fourth-order valence-corrected chi connectivity index (χ4v) is 3.19. The summed E-state index contributed by atoms with van der Waals surface area (Å²) in [5.74, 6) is 0. The molecule has 1 heterocycles. The molecule has 0 amide bonds. The standard InChI is InChI=1S/C14H20Cl2N2O/c1-18(13-2-4-19-5-3-13)14(9-17)10-6-11(15)8-12(16)7-10/h6-8,13-14H,2-5,9,17H2,1H3. The first-order valence-corrected chi connectivity index (χ1v) is 7.33. The van der Waals surface area contributed by atoms with Crippen LogP contribution in [0, 0.1) is 0 Å². The molecule has 0 aromatic heterocycles. The number of halogens is 2. The van der Waals surface area contributed by atoms with E-state index in [1.54, 1.807) is 6.07 Å². The molecule has 1 aromatic carbocycles. The average Bonchev–Trinajstić information content (AvgIpc) is 2.39. The average molecular weight is 303 g/mol. The summed E-state index contributed by atoms with van der Waals surface area (Å²) in [7, 11) is 2.11. The molecule has 0 saturated carbocycles. The van der Waals surface area contributed by atoms with Gasteiger partial charge in [0, 0.05) is 41.9 Å². The molecule has 1 aromatic rings. The number of ether oxygens (including phenoxy) is 1. The van der Waals surface area contributed by atoms with Crippen LogP contribution >= 0.6 is 23.2 Å². The van der Waals surface area contributed by atoms with Gasteiger partial charge in [0.05, 0.1) is 0 Å². The minimum Gasteiger partial charge on any atom is -0.381 e. The van der Waals surface area contributed by atoms with Crippen molar-refractivity contribution in [3.05, 3.63) is 33.8 Å². The van der Waals surface area contributed by atoms with Crippen LogP contribution in [0.1, 0.15) is 24.4 Å². The van der Waals surface area contributed by atoms with E-state index in [1.165, 1.54) is 0 Å². The maximum Gasteiger partial charge on any atom is 0.0480 e. The van der Waals surface area contributed by atoms with Crippen molar-refractivity contribution in [1.82, 2.24) is 4.90 Å². The maximum absolute atomic E-state index is 6.08. The van der Waals surface area contributed by atoms with Crippen LogP contribution in [0.3, 0.4) is 0 Å². The molecule has 1 saturated heterocycles. The lowest BCUT2D eigenvalue weighted by atomic mass is 10.0. The van der Waals surface area contributed by atoms with E-state index in [4.69, 9.17) is 33.7 Å². The number of rotatable bonds is 4. The van der Waals surface area contributed by atoms with Crippen molar-refractivity contribution < 1.29 is 4.74 Å². The first-order valence-electron chi connectivity index (χ1n) is 6.57. The summed E-state index contributed by atoms with van der Waals surface area (Å²) in [6.45, 7) is 2.19. The molecule has 3 nitrogen and oxygen atoms in total. The molecule has 1 atom stereocenters. The largest absolute Gasteiger partial charge is 0.381 e. The van der Waals surface area contributed by atoms with Crippen molar-refractivity contribution in [2.24, 2.45) is 5.73 Å². The summed E-state index contributed by atoms with van der Waals surface area (Å²) in [6.07, 6.45) is 2.09. The summed E-state index contributed by atoms with van der Waals surface area (Å²) in [6, 6.07) is 6.27. The topological polar surface area (TPSA) is 38.5 Å². The van der Waals surface area contributed by atoms with E-state index >= 15 is 0 Å². The van der Waals surface area contributed by atoms with E-state index in [1.807, 2.05) is 12.1 Å². The van der Waals surface area contributed by atoms with Gasteiger partial charge in [0.2, 0.25) is 0 Å². The van der Waals surface area contributed by atoms with Crippen LogP contribution < -0.4 is 5.73 Å². The SMILES string of the molecule is CN(C1CCOCC1)C(CN)c1cc(Cl)cc(Cl)c1. The normalized spacial score (nSPS) is 18.8. The maximum atomic E-state index is 6.08. The fourth-order valence-electron chi connectivity index (χ4n) is 2.65. The predicted octanol–water partition coefficient (Wildman–Crippen LogP) is 3.10. The number of benzene rings is 1. The first kappa shape index (κ1) is 15.1. The molecule has 1 aliphatic rings. The Morgan fingerprint density at radius 1 is 1.26 bits per heavy atom. The van der Waals surface area contributed by atoms with Gasteiger partial charge in [0.15, 0.2) is 0 Å². The second-order valence-corrected chi connectivity index (χ2v) is 5.84. The molecule has 0 spiro atoms. The molecule has 0 radical (unpaired) electrons. The number of hydrogen-bond acceptors (Lipinski definition) is 3. The van der Waals surface area contributed by atoms with Crippen LogP contribution in [0.2, 0.25) is 10.0 Å². The summed E-state index contributed by atoms with van der Waals surface area (Å²) in [5.41, 5.74) is 7.03. The Balaban J connectivity index is 2.17. The number of hydrogen-bond donors (Lipinski definition) is 1. The number of nitrogens with two attached hydrogens (primary N) is 1. The third kappa shape index (κ3) is 3.83. The van der Waals surface area contributed by atoms with Gasteiger partial charge >= 0.3 is 0 Å². The zero-order chi connectivity index (χ0) is 13.8. The lowest BCUT2D eigenvalue weighted by Crippen LogP contribution is -2.41. The first-order chi connectivity index (χ1) is 9.11. The van der Waals surface area contributed by atoms with Crippen LogP contribution in [0.5, 0.6) is 0 Å². The molecular weight excluding hydrogens is 283 g/mol. The molecule has 1 unspecified atom stereocenters. The lowest BCUT2D eigenvalue weighted by molar-refractivity contribution is 0.0294. The zero-order valence-corrected chi connectivity index (χ0v) is 12.6. The lowest BCUT2D eigenvalue weighted by Gasteiger charge is -2.37. The van der Waals surface area contributed by atoms with Crippen molar-refractivity contribution in [3.8, 4) is 0 Å². The molecule has 5 heteroatoms. The van der Waals surface area contributed by atoms with Crippen LogP contribution in [-0.4, -0.2) is 37.7 Å². The molecule has 0 bridgehead atoms. The molecule has 106 valence electrons. The van der Waals surface area contributed by atoms with Crippen molar-refractivity contribution in [2.75, 3.05) is 26.8 Å². The van der Waals surface area contributed by atoms with Gasteiger partial charge in [-0.2, -0.15) is 0 Å². The Morgan fingerprint density at radius 3 is 2.37 bits per heavy atom. The third-order valence-corrected chi connectivity index (χ3v) is 4.19. The van der Waals surface area contributed by atoms with Gasteiger partial charge in [0.25, 0.3) is 0 Å². The van der Waals surface area contributed by atoms with E-state index in [0.717, 1.165) is 31.6 Å². The van der Waals surface area contributed by atoms with E-state index in [-0.39, 0.29) is 6.04 Å². The van der Waals surface area contributed by atoms with E-state index in [2.05, 4.69) is 11.9 Å². The smallest absolute Gasteiger partial charge is 0.0480 e.